The molecule has 3 rings (SSSR count). The van der Waals surface area contributed by atoms with E-state index >= 15 is 0 Å². The minimum absolute atomic E-state index is 0.144. The number of imide groups is 1. The Morgan fingerprint density at radius 3 is 2.52 bits per heavy atom. The molecule has 1 unspecified atom stereocenters. The first-order chi connectivity index (χ1) is 14.7. The first-order valence-corrected chi connectivity index (χ1v) is 10.6. The highest BCUT2D eigenvalue weighted by atomic mass is 16.2. The van der Waals surface area contributed by atoms with Crippen molar-refractivity contribution in [3.63, 3.8) is 0 Å². The smallest absolute Gasteiger partial charge is 0.326 e. The zero-order valence-corrected chi connectivity index (χ0v) is 18.6. The number of hydrogen-bond acceptors (Lipinski definition) is 3. The van der Waals surface area contributed by atoms with Crippen LogP contribution in [0.3, 0.4) is 0 Å². The highest BCUT2D eigenvalue weighted by Gasteiger charge is 2.48. The maximum absolute atomic E-state index is 12.9. The van der Waals surface area contributed by atoms with Crippen molar-refractivity contribution in [1.82, 2.24) is 15.8 Å². The molecular formula is C24H31N4O3+. The normalized spacial score (nSPS) is 19.3. The van der Waals surface area contributed by atoms with E-state index < -0.39 is 17.5 Å². The Morgan fingerprint density at radius 2 is 1.84 bits per heavy atom. The molecule has 4 amide bonds. The molecule has 0 aliphatic carbocycles. The van der Waals surface area contributed by atoms with Crippen LogP contribution >= 0.6 is 0 Å². The maximum atomic E-state index is 12.9. The van der Waals surface area contributed by atoms with Crippen molar-refractivity contribution in [3.8, 4) is 0 Å². The molecule has 31 heavy (non-hydrogen) atoms. The Morgan fingerprint density at radius 1 is 1.13 bits per heavy atom. The molecular weight excluding hydrogens is 392 g/mol. The van der Waals surface area contributed by atoms with Crippen LogP contribution in [0.1, 0.15) is 35.6 Å². The Balaban J connectivity index is 1.55. The fraction of sp³-hybridized carbons (Fsp3) is 0.375. The molecule has 1 aliphatic rings. The third kappa shape index (κ3) is 5.49. The van der Waals surface area contributed by atoms with E-state index in [4.69, 9.17) is 0 Å². The van der Waals surface area contributed by atoms with Crippen molar-refractivity contribution in [2.75, 3.05) is 13.6 Å². The van der Waals surface area contributed by atoms with Gasteiger partial charge in [0.05, 0.1) is 7.05 Å². The number of carbonyl (C=O) groups is 3. The molecule has 0 radical (unpaired) electrons. The van der Waals surface area contributed by atoms with E-state index in [-0.39, 0.29) is 12.5 Å². The predicted octanol–water partition coefficient (Wildman–Crippen LogP) is 1.29. The van der Waals surface area contributed by atoms with E-state index in [0.29, 0.717) is 19.4 Å². The number of quaternary nitrogens is 1. The fourth-order valence-electron chi connectivity index (χ4n) is 3.86. The van der Waals surface area contributed by atoms with Crippen LogP contribution < -0.4 is 15.6 Å². The van der Waals surface area contributed by atoms with Crippen LogP contribution in [0.5, 0.6) is 0 Å². The molecule has 0 saturated carbocycles. The van der Waals surface area contributed by atoms with Gasteiger partial charge < -0.3 is 10.2 Å². The summed E-state index contributed by atoms with van der Waals surface area (Å²) in [6.45, 7) is 6.62. The highest BCUT2D eigenvalue weighted by molar-refractivity contribution is 6.07. The number of amides is 4. The lowest BCUT2D eigenvalue weighted by Crippen LogP contribution is -3.09. The molecule has 0 bridgehead atoms. The van der Waals surface area contributed by atoms with Crippen molar-refractivity contribution in [2.24, 2.45) is 0 Å². The van der Waals surface area contributed by atoms with Crippen LogP contribution in [0.4, 0.5) is 4.79 Å². The first kappa shape index (κ1) is 22.5. The number of rotatable bonds is 8. The summed E-state index contributed by atoms with van der Waals surface area (Å²) in [4.78, 5) is 38.7. The molecule has 2 atom stereocenters. The SMILES string of the molecule is Cc1ccc(C[NH+](C)CC(=O)NN2C(=O)N[C@@](C)(CCc3ccccc3)C2=O)c(C)c1. The molecule has 2 aromatic carbocycles. The van der Waals surface area contributed by atoms with Gasteiger partial charge in [-0.3, -0.25) is 15.0 Å². The average molecular weight is 424 g/mol. The van der Waals surface area contributed by atoms with Crippen LogP contribution in [0.15, 0.2) is 48.5 Å². The van der Waals surface area contributed by atoms with Crippen LogP contribution in [0.2, 0.25) is 0 Å². The molecule has 2 aromatic rings. The average Bonchev–Trinajstić information content (AvgIpc) is 2.93. The van der Waals surface area contributed by atoms with E-state index in [1.165, 1.54) is 16.7 Å². The zero-order valence-electron chi connectivity index (χ0n) is 18.6. The number of nitrogens with zero attached hydrogens (tertiary/aromatic N) is 1. The minimum Gasteiger partial charge on any atom is -0.326 e. The summed E-state index contributed by atoms with van der Waals surface area (Å²) in [5.41, 5.74) is 6.08. The van der Waals surface area contributed by atoms with Gasteiger partial charge in [-0.15, -0.1) is 0 Å². The Bertz CT molecular complexity index is 976. The molecule has 3 N–H and O–H groups in total. The lowest BCUT2D eigenvalue weighted by Gasteiger charge is -2.22. The largest absolute Gasteiger partial charge is 0.344 e. The molecule has 1 heterocycles. The molecule has 7 nitrogen and oxygen atoms in total. The number of benzene rings is 2. The Labute approximate surface area is 183 Å². The number of nitrogens with one attached hydrogen (secondary N) is 3. The Kier molecular flexibility index (Phi) is 6.75. The lowest BCUT2D eigenvalue weighted by atomic mass is 9.93. The second kappa shape index (κ2) is 9.31. The van der Waals surface area contributed by atoms with Gasteiger partial charge in [-0.05, 0) is 44.7 Å². The lowest BCUT2D eigenvalue weighted by molar-refractivity contribution is -0.885. The van der Waals surface area contributed by atoms with Gasteiger partial charge in [0.2, 0.25) is 0 Å². The summed E-state index contributed by atoms with van der Waals surface area (Å²) in [7, 11) is 1.91. The van der Waals surface area contributed by atoms with Crippen molar-refractivity contribution in [1.29, 1.82) is 0 Å². The maximum Gasteiger partial charge on any atom is 0.344 e. The summed E-state index contributed by atoms with van der Waals surface area (Å²) < 4.78 is 0. The monoisotopic (exact) mass is 423 g/mol. The highest BCUT2D eigenvalue weighted by Crippen LogP contribution is 2.22. The Hall–Kier alpha value is -3.19. The van der Waals surface area contributed by atoms with Crippen LogP contribution in [-0.2, 0) is 22.6 Å². The van der Waals surface area contributed by atoms with Crippen molar-refractivity contribution < 1.29 is 19.3 Å². The van der Waals surface area contributed by atoms with E-state index in [1.54, 1.807) is 6.92 Å². The van der Waals surface area contributed by atoms with Gasteiger partial charge in [0.1, 0.15) is 12.1 Å². The quantitative estimate of drug-likeness (QED) is 0.560. The molecule has 1 fully saturated rings. The molecule has 1 aliphatic heterocycles. The molecule has 0 spiro atoms. The zero-order chi connectivity index (χ0) is 22.6. The van der Waals surface area contributed by atoms with Gasteiger partial charge in [-0.25, -0.2) is 4.79 Å². The van der Waals surface area contributed by atoms with Crippen molar-refractivity contribution >= 4 is 17.8 Å². The van der Waals surface area contributed by atoms with Crippen LogP contribution in [0, 0.1) is 13.8 Å². The van der Waals surface area contributed by atoms with Crippen molar-refractivity contribution in [3.05, 3.63) is 70.8 Å². The van der Waals surface area contributed by atoms with Gasteiger partial charge in [-0.2, -0.15) is 5.01 Å². The number of carbonyl (C=O) groups excluding carboxylic acids is 3. The first-order valence-electron chi connectivity index (χ1n) is 10.6. The molecule has 1 saturated heterocycles. The van der Waals surface area contributed by atoms with Gasteiger partial charge in [-0.1, -0.05) is 54.1 Å². The molecule has 0 aromatic heterocycles. The summed E-state index contributed by atoms with van der Waals surface area (Å²) in [6, 6.07) is 15.4. The number of urea groups is 1. The van der Waals surface area contributed by atoms with Crippen molar-refractivity contribution in [2.45, 2.75) is 45.7 Å². The number of aryl methyl sites for hydroxylation is 3. The number of likely N-dealkylation sites (N-methyl/N-ethyl adjacent to an activating group) is 1. The summed E-state index contributed by atoms with van der Waals surface area (Å²) in [5.74, 6) is -0.813. The number of hydrogen-bond donors (Lipinski definition) is 3. The standard InChI is InChI=1S/C24H30N4O3/c1-17-10-11-20(18(2)14-17)15-27(4)16-21(29)26-28-22(30)24(3,25-23(28)31)13-12-19-8-6-5-7-9-19/h5-11,14H,12-13,15-16H2,1-4H3,(H,25,31)(H,26,29)/p+1/t24-/m0/s1. The third-order valence-corrected chi connectivity index (χ3v) is 5.71. The van der Waals surface area contributed by atoms with Crippen LogP contribution in [0.25, 0.3) is 0 Å². The summed E-state index contributed by atoms with van der Waals surface area (Å²) in [5, 5.41) is 3.54. The summed E-state index contributed by atoms with van der Waals surface area (Å²) in [6.07, 6.45) is 1.10. The van der Waals surface area contributed by atoms with E-state index in [0.717, 1.165) is 15.5 Å². The van der Waals surface area contributed by atoms with Gasteiger partial charge in [0.25, 0.3) is 11.8 Å². The van der Waals surface area contributed by atoms with Crippen LogP contribution in [-0.4, -0.2) is 42.0 Å². The van der Waals surface area contributed by atoms with Gasteiger partial charge in [0, 0.05) is 5.56 Å². The third-order valence-electron chi connectivity index (χ3n) is 5.71. The summed E-state index contributed by atoms with van der Waals surface area (Å²) >= 11 is 0. The predicted molar refractivity (Wildman–Crippen MR) is 118 cm³/mol. The molecule has 164 valence electrons. The van der Waals surface area contributed by atoms with Gasteiger partial charge >= 0.3 is 6.03 Å². The minimum atomic E-state index is -1.04. The molecule has 7 heteroatoms. The van der Waals surface area contributed by atoms with E-state index in [1.807, 2.05) is 44.3 Å². The van der Waals surface area contributed by atoms with Gasteiger partial charge in [0.15, 0.2) is 6.54 Å². The second-order valence-electron chi connectivity index (χ2n) is 8.66. The fourth-order valence-corrected chi connectivity index (χ4v) is 3.86. The number of hydrazine groups is 1. The topological polar surface area (TPSA) is 82.9 Å². The van der Waals surface area contributed by atoms with E-state index in [2.05, 4.69) is 35.9 Å². The second-order valence-corrected chi connectivity index (χ2v) is 8.66. The van der Waals surface area contributed by atoms with E-state index in [9.17, 15) is 14.4 Å².